The summed E-state index contributed by atoms with van der Waals surface area (Å²) in [6.45, 7) is 1.99. The zero-order valence-electron chi connectivity index (χ0n) is 16.6. The lowest BCUT2D eigenvalue weighted by molar-refractivity contribution is -0.274. The number of halogens is 3. The average Bonchev–Trinajstić information content (AvgIpc) is 2.73. The third-order valence-electron chi connectivity index (χ3n) is 4.68. The van der Waals surface area contributed by atoms with E-state index in [-0.39, 0.29) is 22.7 Å². The van der Waals surface area contributed by atoms with Crippen molar-refractivity contribution in [2.24, 2.45) is 10.9 Å². The maximum absolute atomic E-state index is 13.1. The van der Waals surface area contributed by atoms with Crippen LogP contribution in [-0.4, -0.2) is 22.5 Å². The number of phenols is 1. The number of phenolic OH excluding ortho intramolecular Hbond substituents is 1. The Hall–Kier alpha value is -3.68. The molecule has 0 unspecified atom stereocenters. The second-order valence-electron chi connectivity index (χ2n) is 6.89. The lowest BCUT2D eigenvalue weighted by atomic mass is 9.87. The molecule has 3 aromatic carbocycles. The lowest BCUT2D eigenvalue weighted by Crippen LogP contribution is -2.19. The number of nitrogens with two attached hydrogens (primary N) is 1. The lowest BCUT2D eigenvalue weighted by Gasteiger charge is -2.20. The summed E-state index contributed by atoms with van der Waals surface area (Å²) in [6, 6.07) is 15.5. The first-order valence-corrected chi connectivity index (χ1v) is 9.53. The van der Waals surface area contributed by atoms with E-state index in [2.05, 4.69) is 9.89 Å². The number of aromatic hydroxyl groups is 1. The van der Waals surface area contributed by atoms with Gasteiger partial charge < -0.3 is 20.8 Å². The summed E-state index contributed by atoms with van der Waals surface area (Å²) in [5.41, 5.74) is 8.73. The third-order valence-corrected chi connectivity index (χ3v) is 4.68. The number of hydrogen-bond donors (Lipinski definition) is 3. The highest BCUT2D eigenvalue weighted by Gasteiger charge is 2.33. The number of nitrogens with zero attached hydrogens (tertiary/aromatic N) is 1. The van der Waals surface area contributed by atoms with Gasteiger partial charge in [-0.2, -0.15) is 0 Å². The van der Waals surface area contributed by atoms with Gasteiger partial charge in [0.1, 0.15) is 11.5 Å². The minimum absolute atomic E-state index is 0.0486. The van der Waals surface area contributed by atoms with Crippen LogP contribution in [0.25, 0.3) is 22.3 Å². The first-order chi connectivity index (χ1) is 14.7. The number of benzene rings is 3. The number of oxime groups is 1. The van der Waals surface area contributed by atoms with Gasteiger partial charge in [-0.05, 0) is 47.4 Å². The van der Waals surface area contributed by atoms with Crippen molar-refractivity contribution in [2.45, 2.75) is 26.1 Å². The van der Waals surface area contributed by atoms with Crippen LogP contribution in [0.4, 0.5) is 13.2 Å². The number of rotatable bonds is 6. The van der Waals surface area contributed by atoms with E-state index in [0.29, 0.717) is 23.1 Å². The molecule has 0 saturated heterocycles. The largest absolute Gasteiger partial charge is 0.573 e. The van der Waals surface area contributed by atoms with E-state index in [4.69, 9.17) is 5.73 Å². The Kier molecular flexibility index (Phi) is 6.39. The number of para-hydroxylation sites is 1. The zero-order valence-corrected chi connectivity index (χ0v) is 16.6. The van der Waals surface area contributed by atoms with Crippen LogP contribution < -0.4 is 10.5 Å². The van der Waals surface area contributed by atoms with Crippen molar-refractivity contribution in [1.29, 1.82) is 0 Å². The smallest absolute Gasteiger partial charge is 0.508 e. The first kappa shape index (κ1) is 22.0. The summed E-state index contributed by atoms with van der Waals surface area (Å²) in [7, 11) is 0. The van der Waals surface area contributed by atoms with E-state index in [1.165, 1.54) is 30.3 Å². The number of hydrogen-bond acceptors (Lipinski definition) is 4. The van der Waals surface area contributed by atoms with Crippen molar-refractivity contribution < 1.29 is 28.2 Å². The fourth-order valence-corrected chi connectivity index (χ4v) is 3.44. The molecule has 0 aromatic heterocycles. The van der Waals surface area contributed by atoms with Gasteiger partial charge in [0.05, 0.1) is 0 Å². The normalized spacial score (nSPS) is 12.1. The van der Waals surface area contributed by atoms with Crippen molar-refractivity contribution >= 4 is 5.84 Å². The summed E-state index contributed by atoms with van der Waals surface area (Å²) in [5.74, 6) is -0.604. The molecule has 0 spiro atoms. The Morgan fingerprint density at radius 1 is 1.03 bits per heavy atom. The summed E-state index contributed by atoms with van der Waals surface area (Å²) >= 11 is 0. The SMILES string of the molecule is CCCc1cc(/C(N)=N\O)c(-c2ccccc2OC(F)(F)F)c(-c2ccc(O)cc2)c1. The van der Waals surface area contributed by atoms with Crippen molar-refractivity contribution in [3.8, 4) is 33.8 Å². The van der Waals surface area contributed by atoms with Crippen LogP contribution in [0.1, 0.15) is 24.5 Å². The fraction of sp³-hybridized carbons (Fsp3) is 0.174. The quantitative estimate of drug-likeness (QED) is 0.203. The highest BCUT2D eigenvalue weighted by Crippen LogP contribution is 2.42. The topological polar surface area (TPSA) is 88.1 Å². The summed E-state index contributed by atoms with van der Waals surface area (Å²) in [5, 5.41) is 22.1. The second kappa shape index (κ2) is 8.99. The first-order valence-electron chi connectivity index (χ1n) is 9.53. The molecule has 0 aliphatic heterocycles. The highest BCUT2D eigenvalue weighted by molar-refractivity contribution is 6.07. The van der Waals surface area contributed by atoms with Gasteiger partial charge in [-0.3, -0.25) is 0 Å². The molecule has 0 bridgehead atoms. The molecule has 0 radical (unpaired) electrons. The zero-order chi connectivity index (χ0) is 22.6. The van der Waals surface area contributed by atoms with Gasteiger partial charge in [0.25, 0.3) is 0 Å². The molecule has 0 aliphatic carbocycles. The Morgan fingerprint density at radius 3 is 2.32 bits per heavy atom. The minimum Gasteiger partial charge on any atom is -0.508 e. The number of ether oxygens (including phenoxy) is 1. The van der Waals surface area contributed by atoms with Crippen LogP contribution in [0.2, 0.25) is 0 Å². The molecular weight excluding hydrogens is 409 g/mol. The Balaban J connectivity index is 2.39. The molecule has 3 rings (SSSR count). The van der Waals surface area contributed by atoms with Crippen LogP contribution in [0.15, 0.2) is 65.8 Å². The van der Waals surface area contributed by atoms with Gasteiger partial charge in [-0.1, -0.05) is 54.9 Å². The van der Waals surface area contributed by atoms with Crippen molar-refractivity contribution in [2.75, 3.05) is 0 Å². The standard InChI is InChI=1S/C23H21F3N2O3/c1-2-5-14-12-18(15-8-10-16(29)11-9-15)21(19(13-14)22(27)28-30)17-6-3-4-7-20(17)31-23(24,25)26/h3-4,6-13,29-30H,2,5H2,1H3,(H2,27,28). The van der Waals surface area contributed by atoms with Crippen molar-refractivity contribution in [3.05, 3.63) is 71.8 Å². The van der Waals surface area contributed by atoms with Crippen LogP contribution in [0.5, 0.6) is 11.5 Å². The molecule has 0 saturated carbocycles. The van der Waals surface area contributed by atoms with Crippen molar-refractivity contribution in [1.82, 2.24) is 0 Å². The number of aryl methyl sites for hydroxylation is 1. The second-order valence-corrected chi connectivity index (χ2v) is 6.89. The van der Waals surface area contributed by atoms with Crippen LogP contribution in [0, 0.1) is 0 Å². The van der Waals surface area contributed by atoms with Gasteiger partial charge in [0.2, 0.25) is 0 Å². The molecule has 31 heavy (non-hydrogen) atoms. The molecule has 3 aromatic rings. The molecule has 0 heterocycles. The maximum atomic E-state index is 13.1. The average molecular weight is 430 g/mol. The molecule has 5 nitrogen and oxygen atoms in total. The molecular formula is C23H21F3N2O3. The summed E-state index contributed by atoms with van der Waals surface area (Å²) in [4.78, 5) is 0. The maximum Gasteiger partial charge on any atom is 0.573 e. The molecule has 162 valence electrons. The van der Waals surface area contributed by atoms with Gasteiger partial charge in [0.15, 0.2) is 5.84 Å². The fourth-order valence-electron chi connectivity index (χ4n) is 3.44. The Bertz CT molecular complexity index is 1090. The Labute approximate surface area is 177 Å². The van der Waals surface area contributed by atoms with Gasteiger partial charge >= 0.3 is 6.36 Å². The predicted octanol–water partition coefficient (Wildman–Crippen LogP) is 5.67. The third kappa shape index (κ3) is 5.09. The molecule has 0 fully saturated rings. The van der Waals surface area contributed by atoms with E-state index in [1.807, 2.05) is 13.0 Å². The van der Waals surface area contributed by atoms with Gasteiger partial charge in [0, 0.05) is 16.7 Å². The predicted molar refractivity (Wildman–Crippen MR) is 112 cm³/mol. The molecule has 0 amide bonds. The summed E-state index contributed by atoms with van der Waals surface area (Å²) < 4.78 is 43.4. The van der Waals surface area contributed by atoms with E-state index in [0.717, 1.165) is 12.0 Å². The van der Waals surface area contributed by atoms with E-state index >= 15 is 0 Å². The van der Waals surface area contributed by atoms with Crippen LogP contribution >= 0.6 is 0 Å². The highest BCUT2D eigenvalue weighted by atomic mass is 19.4. The van der Waals surface area contributed by atoms with Crippen molar-refractivity contribution in [3.63, 3.8) is 0 Å². The molecule has 0 atom stereocenters. The van der Waals surface area contributed by atoms with Crippen LogP contribution in [0.3, 0.4) is 0 Å². The van der Waals surface area contributed by atoms with Gasteiger partial charge in [-0.15, -0.1) is 13.2 Å². The minimum atomic E-state index is -4.90. The van der Waals surface area contributed by atoms with Gasteiger partial charge in [-0.25, -0.2) is 0 Å². The van der Waals surface area contributed by atoms with E-state index in [1.54, 1.807) is 24.3 Å². The molecule has 8 heteroatoms. The van der Waals surface area contributed by atoms with E-state index < -0.39 is 12.1 Å². The monoisotopic (exact) mass is 430 g/mol. The molecule has 0 aliphatic rings. The number of alkyl halides is 3. The van der Waals surface area contributed by atoms with Crippen LogP contribution in [-0.2, 0) is 6.42 Å². The number of amidine groups is 1. The molecule has 4 N–H and O–H groups in total. The Morgan fingerprint density at radius 2 is 1.71 bits per heavy atom. The summed E-state index contributed by atoms with van der Waals surface area (Å²) in [6.07, 6.45) is -3.40. The van der Waals surface area contributed by atoms with E-state index in [9.17, 15) is 23.5 Å².